The molecule has 33 heavy (non-hydrogen) atoms. The minimum Gasteiger partial charge on any atom is -0.497 e. The van der Waals surface area contributed by atoms with Gasteiger partial charge in [0.1, 0.15) is 5.75 Å². The fourth-order valence-electron chi connectivity index (χ4n) is 4.83. The predicted molar refractivity (Wildman–Crippen MR) is 129 cm³/mol. The molecule has 0 saturated heterocycles. The number of rotatable bonds is 3. The number of ketones is 1. The minimum absolute atomic E-state index is 0.0794. The zero-order valence-corrected chi connectivity index (χ0v) is 18.7. The van der Waals surface area contributed by atoms with E-state index < -0.39 is 6.04 Å². The van der Waals surface area contributed by atoms with Gasteiger partial charge in [0, 0.05) is 23.3 Å². The predicted octanol–water partition coefficient (Wildman–Crippen LogP) is 5.76. The first-order chi connectivity index (χ1) is 16.1. The number of methoxy groups -OCH3 is 1. The summed E-state index contributed by atoms with van der Waals surface area (Å²) in [4.78, 5) is 29.3. The molecule has 5 rings (SSSR count). The van der Waals surface area contributed by atoms with E-state index in [0.29, 0.717) is 17.6 Å². The minimum atomic E-state index is -0.547. The average molecular weight is 439 g/mol. The Labute approximate surface area is 193 Å². The zero-order valence-electron chi connectivity index (χ0n) is 18.7. The van der Waals surface area contributed by atoms with Gasteiger partial charge in [0.25, 0.3) is 5.91 Å². The van der Waals surface area contributed by atoms with Crippen LogP contribution >= 0.6 is 0 Å². The van der Waals surface area contributed by atoms with Crippen LogP contribution in [0.25, 0.3) is 0 Å². The summed E-state index contributed by atoms with van der Waals surface area (Å²) < 4.78 is 5.35. The number of benzene rings is 3. The highest BCUT2D eigenvalue weighted by Gasteiger charge is 2.40. The topological polar surface area (TPSA) is 58.6 Å². The lowest BCUT2D eigenvalue weighted by molar-refractivity contribution is -0.117. The summed E-state index contributed by atoms with van der Waals surface area (Å²) in [6, 6.07) is 24.1. The number of carbonyl (C=O) groups is 2. The van der Waals surface area contributed by atoms with Crippen LogP contribution in [0.4, 0.5) is 11.4 Å². The lowest BCUT2D eigenvalue weighted by Gasteiger charge is -2.34. The molecule has 0 radical (unpaired) electrons. The number of nitrogens with zero attached hydrogens (tertiary/aromatic N) is 1. The van der Waals surface area contributed by atoms with Crippen LogP contribution in [0, 0.1) is 5.92 Å². The second-order valence-corrected chi connectivity index (χ2v) is 8.69. The van der Waals surface area contributed by atoms with Crippen molar-refractivity contribution in [1.82, 2.24) is 0 Å². The molecular weight excluding hydrogens is 412 g/mol. The van der Waals surface area contributed by atoms with E-state index in [-0.39, 0.29) is 17.6 Å². The third-order valence-corrected chi connectivity index (χ3v) is 6.36. The zero-order chi connectivity index (χ0) is 22.9. The third kappa shape index (κ3) is 3.80. The molecule has 0 aromatic heterocycles. The summed E-state index contributed by atoms with van der Waals surface area (Å²) in [5, 5.41) is 3.52. The number of carbonyl (C=O) groups excluding carboxylic acids is 2. The number of allylic oxidation sites excluding steroid dienone is 1. The standard InChI is InChI=1S/C28H26N2O3/c1-18-16-23-26(25(31)17-18)27(19-12-14-21(33-2)15-13-19)30(24-11-7-6-10-22(24)29-23)28(32)20-8-4-3-5-9-20/h3-15,18,27,29H,16-17H2,1-2H3/t18-,27-/m1/s1. The van der Waals surface area contributed by atoms with Crippen molar-refractivity contribution in [2.45, 2.75) is 25.8 Å². The van der Waals surface area contributed by atoms with E-state index >= 15 is 0 Å². The van der Waals surface area contributed by atoms with Gasteiger partial charge in [0.05, 0.1) is 24.5 Å². The fourth-order valence-corrected chi connectivity index (χ4v) is 4.83. The summed E-state index contributed by atoms with van der Waals surface area (Å²) in [7, 11) is 1.62. The van der Waals surface area contributed by atoms with Crippen LogP contribution in [-0.4, -0.2) is 18.8 Å². The van der Waals surface area contributed by atoms with Gasteiger partial charge in [0.15, 0.2) is 5.78 Å². The van der Waals surface area contributed by atoms with Crippen molar-refractivity contribution < 1.29 is 14.3 Å². The van der Waals surface area contributed by atoms with Gasteiger partial charge in [0.2, 0.25) is 0 Å². The quantitative estimate of drug-likeness (QED) is 0.565. The van der Waals surface area contributed by atoms with Crippen molar-refractivity contribution in [3.05, 3.63) is 101 Å². The van der Waals surface area contributed by atoms with E-state index in [4.69, 9.17) is 4.74 Å². The van der Waals surface area contributed by atoms with Gasteiger partial charge < -0.3 is 10.1 Å². The molecule has 1 heterocycles. The molecule has 2 atom stereocenters. The lowest BCUT2D eigenvalue weighted by Crippen LogP contribution is -2.38. The summed E-state index contributed by atoms with van der Waals surface area (Å²) in [6.45, 7) is 2.09. The highest BCUT2D eigenvalue weighted by Crippen LogP contribution is 2.46. The van der Waals surface area contributed by atoms with Crippen molar-refractivity contribution in [2.24, 2.45) is 5.92 Å². The molecule has 5 heteroatoms. The molecule has 0 saturated carbocycles. The monoisotopic (exact) mass is 438 g/mol. The maximum atomic E-state index is 14.0. The number of ether oxygens (including phenoxy) is 1. The van der Waals surface area contributed by atoms with Crippen LogP contribution in [0.2, 0.25) is 0 Å². The van der Waals surface area contributed by atoms with Gasteiger partial charge in [-0.05, 0) is 54.3 Å². The Morgan fingerprint density at radius 2 is 1.64 bits per heavy atom. The second kappa shape index (κ2) is 8.58. The Balaban J connectivity index is 1.77. The van der Waals surface area contributed by atoms with Crippen LogP contribution < -0.4 is 15.0 Å². The van der Waals surface area contributed by atoms with E-state index in [9.17, 15) is 9.59 Å². The van der Waals surface area contributed by atoms with Crippen LogP contribution in [0.15, 0.2) is 90.1 Å². The molecular formula is C28H26N2O3. The largest absolute Gasteiger partial charge is 0.497 e. The first kappa shape index (κ1) is 21.0. The number of fused-ring (bicyclic) bond motifs is 1. The van der Waals surface area contributed by atoms with Crippen molar-refractivity contribution in [3.63, 3.8) is 0 Å². The molecule has 1 N–H and O–H groups in total. The van der Waals surface area contributed by atoms with Crippen molar-refractivity contribution in [1.29, 1.82) is 0 Å². The van der Waals surface area contributed by atoms with Crippen LogP contribution in [0.1, 0.15) is 41.7 Å². The Hall–Kier alpha value is -3.86. The second-order valence-electron chi connectivity index (χ2n) is 8.69. The van der Waals surface area contributed by atoms with E-state index in [1.165, 1.54) is 0 Å². The highest BCUT2D eigenvalue weighted by molar-refractivity contribution is 6.11. The molecule has 1 aliphatic carbocycles. The maximum Gasteiger partial charge on any atom is 0.259 e. The van der Waals surface area contributed by atoms with Crippen molar-refractivity contribution in [2.75, 3.05) is 17.3 Å². The number of anilines is 2. The van der Waals surface area contributed by atoms with Crippen molar-refractivity contribution in [3.8, 4) is 5.75 Å². The molecule has 166 valence electrons. The molecule has 0 bridgehead atoms. The van der Waals surface area contributed by atoms with Gasteiger partial charge >= 0.3 is 0 Å². The molecule has 5 nitrogen and oxygen atoms in total. The first-order valence-corrected chi connectivity index (χ1v) is 11.2. The van der Waals surface area contributed by atoms with E-state index in [2.05, 4.69) is 12.2 Å². The Morgan fingerprint density at radius 3 is 2.36 bits per heavy atom. The summed E-state index contributed by atoms with van der Waals surface area (Å²) in [6.07, 6.45) is 1.23. The normalized spacial score (nSPS) is 19.8. The number of amides is 1. The summed E-state index contributed by atoms with van der Waals surface area (Å²) in [5.41, 5.74) is 4.59. The van der Waals surface area contributed by atoms with Gasteiger partial charge in [-0.15, -0.1) is 0 Å². The maximum absolute atomic E-state index is 14.0. The molecule has 3 aromatic carbocycles. The number of hydrogen-bond acceptors (Lipinski definition) is 4. The SMILES string of the molecule is COc1ccc([C@@H]2C3=C(C[C@@H](C)CC3=O)Nc3ccccc3N2C(=O)c2ccccc2)cc1. The van der Waals surface area contributed by atoms with Crippen LogP contribution in [0.5, 0.6) is 5.75 Å². The molecule has 0 unspecified atom stereocenters. The van der Waals surface area contributed by atoms with Crippen LogP contribution in [-0.2, 0) is 4.79 Å². The first-order valence-electron chi connectivity index (χ1n) is 11.2. The van der Waals surface area contributed by atoms with Crippen LogP contribution in [0.3, 0.4) is 0 Å². The molecule has 3 aromatic rings. The molecule has 1 amide bonds. The van der Waals surface area contributed by atoms with Crippen molar-refractivity contribution >= 4 is 23.1 Å². The number of Topliss-reactive ketones (excluding diaryl/α,β-unsaturated/α-hetero) is 1. The molecule has 1 aliphatic heterocycles. The van der Waals surface area contributed by atoms with E-state index in [1.54, 1.807) is 12.0 Å². The summed E-state index contributed by atoms with van der Waals surface area (Å²) in [5.74, 6) is 0.898. The number of nitrogens with one attached hydrogen (secondary N) is 1. The average Bonchev–Trinajstić information content (AvgIpc) is 2.98. The molecule has 0 spiro atoms. The molecule has 0 fully saturated rings. The third-order valence-electron chi connectivity index (χ3n) is 6.36. The van der Waals surface area contributed by atoms with Gasteiger partial charge in [-0.3, -0.25) is 14.5 Å². The van der Waals surface area contributed by atoms with E-state index in [1.807, 2.05) is 78.9 Å². The number of para-hydroxylation sites is 2. The highest BCUT2D eigenvalue weighted by atomic mass is 16.5. The molecule has 2 aliphatic rings. The van der Waals surface area contributed by atoms with Gasteiger partial charge in [-0.25, -0.2) is 0 Å². The number of hydrogen-bond donors (Lipinski definition) is 1. The summed E-state index contributed by atoms with van der Waals surface area (Å²) >= 11 is 0. The smallest absolute Gasteiger partial charge is 0.259 e. The lowest BCUT2D eigenvalue weighted by atomic mass is 9.81. The Morgan fingerprint density at radius 1 is 0.939 bits per heavy atom. The van der Waals surface area contributed by atoms with Gasteiger partial charge in [-0.2, -0.15) is 0 Å². The van der Waals surface area contributed by atoms with E-state index in [0.717, 1.165) is 34.8 Å². The Kier molecular flexibility index (Phi) is 5.47. The van der Waals surface area contributed by atoms with Gasteiger partial charge in [-0.1, -0.05) is 49.4 Å². The fraction of sp³-hybridized carbons (Fsp3) is 0.214. The Bertz CT molecular complexity index is 1230.